The van der Waals surface area contributed by atoms with E-state index in [0.717, 1.165) is 4.57 Å². The molecule has 2 aromatic rings. The summed E-state index contributed by atoms with van der Waals surface area (Å²) >= 11 is 0. The Labute approximate surface area is 141 Å². The van der Waals surface area contributed by atoms with E-state index in [-0.39, 0.29) is 17.5 Å². The molecule has 1 aromatic heterocycles. The molecule has 1 amide bonds. The number of nitrogens with one attached hydrogen (secondary N) is 1. The number of nitrogens with zero attached hydrogens (tertiary/aromatic N) is 2. The standard InChI is InChI=1S/C16H16F3N3O3/c1-2-3-6-11(14(24)25)20-13(23)9-22-12-8-5-4-7-10(12)21-15(22)16(17,18)19/h2-5,7-8,11H,6,9H2,1H3,(H,20,23)(H,24,25)/b3-2+. The molecule has 1 atom stereocenters. The number of hydrogen-bond acceptors (Lipinski definition) is 3. The number of carboxylic acid groups (broad SMARTS) is 1. The molecule has 1 aromatic carbocycles. The summed E-state index contributed by atoms with van der Waals surface area (Å²) in [6.45, 7) is 1.00. The van der Waals surface area contributed by atoms with Gasteiger partial charge in [0.1, 0.15) is 12.6 Å². The van der Waals surface area contributed by atoms with E-state index in [1.807, 2.05) is 0 Å². The van der Waals surface area contributed by atoms with Gasteiger partial charge in [-0.2, -0.15) is 13.2 Å². The number of aliphatic carboxylic acids is 1. The van der Waals surface area contributed by atoms with Crippen molar-refractivity contribution in [1.29, 1.82) is 0 Å². The lowest BCUT2D eigenvalue weighted by molar-refractivity contribution is -0.148. The van der Waals surface area contributed by atoms with Crippen molar-refractivity contribution in [2.45, 2.75) is 32.1 Å². The van der Waals surface area contributed by atoms with Crippen LogP contribution in [0.3, 0.4) is 0 Å². The third-order valence-corrected chi connectivity index (χ3v) is 3.45. The number of hydrogen-bond donors (Lipinski definition) is 2. The number of aromatic nitrogens is 2. The van der Waals surface area contributed by atoms with Crippen molar-refractivity contribution < 1.29 is 27.9 Å². The van der Waals surface area contributed by atoms with Crippen LogP contribution in [0, 0.1) is 0 Å². The molecule has 0 fully saturated rings. The maximum Gasteiger partial charge on any atom is 0.449 e. The average molecular weight is 355 g/mol. The number of halogens is 3. The monoisotopic (exact) mass is 355 g/mol. The quantitative estimate of drug-likeness (QED) is 0.780. The minimum Gasteiger partial charge on any atom is -0.480 e. The predicted molar refractivity (Wildman–Crippen MR) is 83.7 cm³/mol. The third-order valence-electron chi connectivity index (χ3n) is 3.45. The molecule has 0 saturated carbocycles. The Morgan fingerprint density at radius 1 is 1.36 bits per heavy atom. The van der Waals surface area contributed by atoms with Crippen molar-refractivity contribution >= 4 is 22.9 Å². The number of carboxylic acids is 1. The van der Waals surface area contributed by atoms with E-state index in [9.17, 15) is 22.8 Å². The van der Waals surface area contributed by atoms with E-state index in [1.54, 1.807) is 19.1 Å². The molecule has 2 rings (SSSR count). The number of benzene rings is 1. The van der Waals surface area contributed by atoms with E-state index in [0.29, 0.717) is 0 Å². The molecule has 0 radical (unpaired) electrons. The van der Waals surface area contributed by atoms with Gasteiger partial charge in [0.05, 0.1) is 11.0 Å². The molecule has 9 heteroatoms. The van der Waals surface area contributed by atoms with Crippen molar-refractivity contribution in [2.75, 3.05) is 0 Å². The Hall–Kier alpha value is -2.84. The first-order valence-electron chi connectivity index (χ1n) is 7.39. The van der Waals surface area contributed by atoms with Gasteiger partial charge < -0.3 is 15.0 Å². The fourth-order valence-corrected chi connectivity index (χ4v) is 2.33. The van der Waals surface area contributed by atoms with Crippen LogP contribution in [-0.2, 0) is 22.3 Å². The summed E-state index contributed by atoms with van der Waals surface area (Å²) in [6.07, 6.45) is -1.54. The molecule has 0 bridgehead atoms. The zero-order chi connectivity index (χ0) is 18.6. The second kappa shape index (κ2) is 7.37. The molecule has 0 aliphatic rings. The number of fused-ring (bicyclic) bond motifs is 1. The molecule has 134 valence electrons. The van der Waals surface area contributed by atoms with E-state index < -0.39 is 36.5 Å². The lowest BCUT2D eigenvalue weighted by atomic mass is 10.2. The average Bonchev–Trinajstić information content (AvgIpc) is 2.90. The summed E-state index contributed by atoms with van der Waals surface area (Å²) in [5.74, 6) is -3.31. The van der Waals surface area contributed by atoms with E-state index >= 15 is 0 Å². The van der Waals surface area contributed by atoms with Crippen molar-refractivity contribution in [1.82, 2.24) is 14.9 Å². The molecule has 0 aliphatic heterocycles. The van der Waals surface area contributed by atoms with Crippen LogP contribution in [0.5, 0.6) is 0 Å². The normalized spacial score (nSPS) is 13.3. The highest BCUT2D eigenvalue weighted by molar-refractivity contribution is 5.85. The minimum absolute atomic E-state index is 0.0361. The van der Waals surface area contributed by atoms with Gasteiger partial charge in [-0.15, -0.1) is 0 Å². The van der Waals surface area contributed by atoms with Crippen LogP contribution in [0.15, 0.2) is 36.4 Å². The largest absolute Gasteiger partial charge is 0.480 e. The molecule has 2 N–H and O–H groups in total. The van der Waals surface area contributed by atoms with Gasteiger partial charge in [0.2, 0.25) is 11.7 Å². The maximum absolute atomic E-state index is 13.2. The van der Waals surface area contributed by atoms with Gasteiger partial charge in [0.15, 0.2) is 0 Å². The Balaban J connectivity index is 2.29. The van der Waals surface area contributed by atoms with Gasteiger partial charge in [-0.25, -0.2) is 9.78 Å². The summed E-state index contributed by atoms with van der Waals surface area (Å²) in [5, 5.41) is 11.3. The van der Waals surface area contributed by atoms with Crippen LogP contribution < -0.4 is 5.32 Å². The lowest BCUT2D eigenvalue weighted by Gasteiger charge is -2.15. The second-order valence-corrected chi connectivity index (χ2v) is 5.27. The number of amides is 1. The summed E-state index contributed by atoms with van der Waals surface area (Å²) in [5.41, 5.74) is 0.247. The number of imidazole rings is 1. The zero-order valence-electron chi connectivity index (χ0n) is 13.2. The Kier molecular flexibility index (Phi) is 5.45. The van der Waals surface area contributed by atoms with Crippen molar-refractivity contribution in [3.8, 4) is 0 Å². The van der Waals surface area contributed by atoms with E-state index in [4.69, 9.17) is 5.11 Å². The van der Waals surface area contributed by atoms with Gasteiger partial charge in [-0.3, -0.25) is 4.79 Å². The first-order chi connectivity index (χ1) is 11.7. The van der Waals surface area contributed by atoms with Gasteiger partial charge >= 0.3 is 12.1 Å². The van der Waals surface area contributed by atoms with E-state index in [2.05, 4.69) is 10.3 Å². The zero-order valence-corrected chi connectivity index (χ0v) is 13.2. The van der Waals surface area contributed by atoms with Gasteiger partial charge in [0, 0.05) is 0 Å². The number of carbonyl (C=O) groups excluding carboxylic acids is 1. The SMILES string of the molecule is C/C=C/CC(NC(=O)Cn1c(C(F)(F)F)nc2ccccc21)C(=O)O. The van der Waals surface area contributed by atoms with Crippen LogP contribution in [0.25, 0.3) is 11.0 Å². The molecule has 1 heterocycles. The summed E-state index contributed by atoms with van der Waals surface area (Å²) in [7, 11) is 0. The highest BCUT2D eigenvalue weighted by Gasteiger charge is 2.38. The third kappa shape index (κ3) is 4.37. The number of para-hydroxylation sites is 2. The van der Waals surface area contributed by atoms with Crippen LogP contribution >= 0.6 is 0 Å². The summed E-state index contributed by atoms with van der Waals surface area (Å²) < 4.78 is 40.3. The first-order valence-corrected chi connectivity index (χ1v) is 7.39. The van der Waals surface area contributed by atoms with Gasteiger partial charge in [-0.05, 0) is 25.5 Å². The number of carbonyl (C=O) groups is 2. The molecule has 0 aliphatic carbocycles. The number of rotatable bonds is 6. The number of alkyl halides is 3. The lowest BCUT2D eigenvalue weighted by Crippen LogP contribution is -2.42. The smallest absolute Gasteiger partial charge is 0.449 e. The van der Waals surface area contributed by atoms with Crippen molar-refractivity contribution in [3.05, 3.63) is 42.2 Å². The Bertz CT molecular complexity index is 812. The molecule has 0 saturated heterocycles. The van der Waals surface area contributed by atoms with Crippen LogP contribution in [0.2, 0.25) is 0 Å². The highest BCUT2D eigenvalue weighted by atomic mass is 19.4. The minimum atomic E-state index is -4.74. The van der Waals surface area contributed by atoms with Crippen LogP contribution in [0.4, 0.5) is 13.2 Å². The second-order valence-electron chi connectivity index (χ2n) is 5.27. The molecule has 0 spiro atoms. The maximum atomic E-state index is 13.2. The summed E-state index contributed by atoms with van der Waals surface area (Å²) in [4.78, 5) is 26.8. The van der Waals surface area contributed by atoms with Crippen molar-refractivity contribution in [2.24, 2.45) is 0 Å². The fourth-order valence-electron chi connectivity index (χ4n) is 2.33. The molecule has 1 unspecified atom stereocenters. The molecular weight excluding hydrogens is 339 g/mol. The van der Waals surface area contributed by atoms with Crippen LogP contribution in [-0.4, -0.2) is 32.6 Å². The van der Waals surface area contributed by atoms with Gasteiger partial charge in [-0.1, -0.05) is 24.3 Å². The van der Waals surface area contributed by atoms with Crippen LogP contribution in [0.1, 0.15) is 19.2 Å². The molecule has 25 heavy (non-hydrogen) atoms. The van der Waals surface area contributed by atoms with E-state index in [1.165, 1.54) is 24.3 Å². The predicted octanol–water partition coefficient (Wildman–Crippen LogP) is 2.59. The Morgan fingerprint density at radius 3 is 2.64 bits per heavy atom. The molecular formula is C16H16F3N3O3. The van der Waals surface area contributed by atoms with Gasteiger partial charge in [0.25, 0.3) is 0 Å². The Morgan fingerprint density at radius 2 is 2.04 bits per heavy atom. The first kappa shape index (κ1) is 18.5. The highest BCUT2D eigenvalue weighted by Crippen LogP contribution is 2.31. The molecule has 6 nitrogen and oxygen atoms in total. The fraction of sp³-hybridized carbons (Fsp3) is 0.312. The summed E-state index contributed by atoms with van der Waals surface area (Å²) in [6, 6.07) is 4.68. The number of allylic oxidation sites excluding steroid dienone is 1. The topological polar surface area (TPSA) is 84.2 Å². The van der Waals surface area contributed by atoms with Crippen molar-refractivity contribution in [3.63, 3.8) is 0 Å².